The predicted octanol–water partition coefficient (Wildman–Crippen LogP) is 3.62. The van der Waals surface area contributed by atoms with Gasteiger partial charge in [-0.25, -0.2) is 4.79 Å². The number of nitrogens with one attached hydrogen (secondary N) is 1. The number of rotatable bonds is 6. The minimum Gasteiger partial charge on any atom is -0.497 e. The van der Waals surface area contributed by atoms with E-state index >= 15 is 0 Å². The number of ether oxygens (including phenoxy) is 3. The normalized spacial score (nSPS) is 10.7. The molecule has 0 aliphatic carbocycles. The molecule has 0 spiro atoms. The van der Waals surface area contributed by atoms with Crippen LogP contribution in [0.15, 0.2) is 39.5 Å². The van der Waals surface area contributed by atoms with Crippen molar-refractivity contribution in [1.29, 1.82) is 0 Å². The summed E-state index contributed by atoms with van der Waals surface area (Å²) in [5, 5.41) is 3.45. The molecule has 0 radical (unpaired) electrons. The number of fused-ring (bicyclic) bond motifs is 1. The number of methoxy groups -OCH3 is 3. The number of amides is 1. The number of carbonyl (C=O) groups is 1. The lowest BCUT2D eigenvalue weighted by Crippen LogP contribution is -2.20. The van der Waals surface area contributed by atoms with Gasteiger partial charge < -0.3 is 23.9 Å². The molecule has 0 atom stereocenters. The summed E-state index contributed by atoms with van der Waals surface area (Å²) >= 11 is 0. The Balaban J connectivity index is 1.95. The second-order valence-corrected chi connectivity index (χ2v) is 6.66. The van der Waals surface area contributed by atoms with Gasteiger partial charge in [-0.3, -0.25) is 4.79 Å². The summed E-state index contributed by atoms with van der Waals surface area (Å²) in [5.41, 5.74) is 2.25. The summed E-state index contributed by atoms with van der Waals surface area (Å²) in [6.07, 6.45) is -0.138. The lowest BCUT2D eigenvalue weighted by Gasteiger charge is -2.13. The Bertz CT molecular complexity index is 1110. The van der Waals surface area contributed by atoms with Crippen molar-refractivity contribution in [2.24, 2.45) is 0 Å². The minimum absolute atomic E-state index is 0.138. The molecule has 1 N–H and O–H groups in total. The molecule has 1 aromatic heterocycles. The first-order valence-corrected chi connectivity index (χ1v) is 9.00. The quantitative estimate of drug-likeness (QED) is 0.640. The predicted molar refractivity (Wildman–Crippen MR) is 110 cm³/mol. The third kappa shape index (κ3) is 4.18. The Morgan fingerprint density at radius 2 is 1.62 bits per heavy atom. The van der Waals surface area contributed by atoms with Crippen molar-refractivity contribution in [2.45, 2.75) is 20.3 Å². The summed E-state index contributed by atoms with van der Waals surface area (Å²) in [6, 6.07) is 8.68. The molecule has 0 bridgehead atoms. The molecule has 1 heterocycles. The van der Waals surface area contributed by atoms with Crippen molar-refractivity contribution < 1.29 is 23.4 Å². The third-order valence-corrected chi connectivity index (χ3v) is 4.68. The van der Waals surface area contributed by atoms with Crippen LogP contribution < -0.4 is 25.2 Å². The maximum Gasteiger partial charge on any atom is 0.340 e. The number of aryl methyl sites for hydroxylation is 2. The molecule has 2 aromatic carbocycles. The number of hydrogen-bond acceptors (Lipinski definition) is 6. The van der Waals surface area contributed by atoms with E-state index in [-0.39, 0.29) is 17.9 Å². The molecule has 0 saturated heterocycles. The van der Waals surface area contributed by atoms with Crippen molar-refractivity contribution in [3.8, 4) is 17.2 Å². The first kappa shape index (κ1) is 20.3. The maximum atomic E-state index is 12.6. The monoisotopic (exact) mass is 397 g/mol. The molecule has 0 unspecified atom stereocenters. The van der Waals surface area contributed by atoms with E-state index in [4.69, 9.17) is 18.6 Å². The van der Waals surface area contributed by atoms with Gasteiger partial charge in [0.25, 0.3) is 0 Å². The van der Waals surface area contributed by atoms with Gasteiger partial charge in [0.1, 0.15) is 22.8 Å². The molecule has 7 heteroatoms. The Labute approximate surface area is 168 Å². The zero-order valence-corrected chi connectivity index (χ0v) is 17.0. The van der Waals surface area contributed by atoms with Crippen LogP contribution >= 0.6 is 0 Å². The van der Waals surface area contributed by atoms with Gasteiger partial charge in [0, 0.05) is 23.9 Å². The smallest absolute Gasteiger partial charge is 0.340 e. The van der Waals surface area contributed by atoms with Gasteiger partial charge in [0.05, 0.1) is 38.7 Å². The Hall–Kier alpha value is -3.48. The minimum atomic E-state index is -0.541. The highest BCUT2D eigenvalue weighted by atomic mass is 16.5. The number of carbonyl (C=O) groups excluding carboxylic acids is 1. The van der Waals surface area contributed by atoms with E-state index in [1.54, 1.807) is 38.3 Å². The van der Waals surface area contributed by atoms with Gasteiger partial charge in [-0.2, -0.15) is 0 Å². The number of hydrogen-bond donors (Lipinski definition) is 1. The van der Waals surface area contributed by atoms with Crippen molar-refractivity contribution in [2.75, 3.05) is 26.6 Å². The zero-order chi connectivity index (χ0) is 21.1. The van der Waals surface area contributed by atoms with E-state index in [1.165, 1.54) is 14.2 Å². The molecule has 29 heavy (non-hydrogen) atoms. The number of benzene rings is 2. The molecule has 1 amide bonds. The van der Waals surface area contributed by atoms with E-state index < -0.39 is 5.63 Å². The van der Waals surface area contributed by atoms with E-state index in [0.717, 1.165) is 5.56 Å². The fourth-order valence-corrected chi connectivity index (χ4v) is 3.25. The molecule has 0 fully saturated rings. The SMILES string of the molecule is COc1cc(NC(=O)Cc2c(C)c3c(OC)cc(C)cc3oc2=O)cc(OC)c1. The van der Waals surface area contributed by atoms with Crippen molar-refractivity contribution >= 4 is 22.6 Å². The Morgan fingerprint density at radius 1 is 0.966 bits per heavy atom. The fourth-order valence-electron chi connectivity index (χ4n) is 3.25. The summed E-state index contributed by atoms with van der Waals surface area (Å²) in [7, 11) is 4.61. The van der Waals surface area contributed by atoms with Crippen LogP contribution in [-0.2, 0) is 11.2 Å². The largest absolute Gasteiger partial charge is 0.497 e. The van der Waals surface area contributed by atoms with Crippen molar-refractivity contribution in [3.05, 3.63) is 57.4 Å². The second kappa shape index (κ2) is 8.26. The average Bonchev–Trinajstić information content (AvgIpc) is 2.69. The molecular weight excluding hydrogens is 374 g/mol. The van der Waals surface area contributed by atoms with Crippen LogP contribution in [0.3, 0.4) is 0 Å². The molecule has 0 aliphatic rings. The molecule has 152 valence electrons. The lowest BCUT2D eigenvalue weighted by molar-refractivity contribution is -0.115. The van der Waals surface area contributed by atoms with Crippen LogP contribution in [0.4, 0.5) is 5.69 Å². The van der Waals surface area contributed by atoms with Gasteiger partial charge in [-0.1, -0.05) is 0 Å². The summed E-state index contributed by atoms with van der Waals surface area (Å²) in [5.74, 6) is 1.32. The highest BCUT2D eigenvalue weighted by Crippen LogP contribution is 2.31. The van der Waals surface area contributed by atoms with E-state index in [1.807, 2.05) is 13.0 Å². The average molecular weight is 397 g/mol. The van der Waals surface area contributed by atoms with Gasteiger partial charge in [-0.05, 0) is 37.1 Å². The molecule has 3 aromatic rings. The number of anilines is 1. The summed E-state index contributed by atoms with van der Waals surface area (Å²) in [6.45, 7) is 3.68. The van der Waals surface area contributed by atoms with Crippen LogP contribution in [0.5, 0.6) is 17.2 Å². The first-order valence-electron chi connectivity index (χ1n) is 9.00. The zero-order valence-electron chi connectivity index (χ0n) is 17.0. The third-order valence-electron chi connectivity index (χ3n) is 4.68. The Morgan fingerprint density at radius 3 is 2.21 bits per heavy atom. The molecule has 7 nitrogen and oxygen atoms in total. The van der Waals surface area contributed by atoms with Crippen LogP contribution in [0, 0.1) is 13.8 Å². The summed E-state index contributed by atoms with van der Waals surface area (Å²) in [4.78, 5) is 25.2. The first-order chi connectivity index (χ1) is 13.9. The van der Waals surface area contributed by atoms with Gasteiger partial charge in [0.2, 0.25) is 5.91 Å². The summed E-state index contributed by atoms with van der Waals surface area (Å²) < 4.78 is 21.3. The maximum absolute atomic E-state index is 12.6. The topological polar surface area (TPSA) is 87.0 Å². The highest BCUT2D eigenvalue weighted by Gasteiger charge is 2.18. The van der Waals surface area contributed by atoms with Crippen LogP contribution in [-0.4, -0.2) is 27.2 Å². The van der Waals surface area contributed by atoms with Gasteiger partial charge >= 0.3 is 5.63 Å². The second-order valence-electron chi connectivity index (χ2n) is 6.66. The van der Waals surface area contributed by atoms with E-state index in [2.05, 4.69) is 5.32 Å². The van der Waals surface area contributed by atoms with Crippen LogP contribution in [0.1, 0.15) is 16.7 Å². The van der Waals surface area contributed by atoms with Crippen LogP contribution in [0.2, 0.25) is 0 Å². The molecule has 0 aliphatic heterocycles. The van der Waals surface area contributed by atoms with Gasteiger partial charge in [-0.15, -0.1) is 0 Å². The van der Waals surface area contributed by atoms with E-state index in [0.29, 0.717) is 39.5 Å². The lowest BCUT2D eigenvalue weighted by atomic mass is 10.0. The molecule has 0 saturated carbocycles. The van der Waals surface area contributed by atoms with Crippen LogP contribution in [0.25, 0.3) is 11.0 Å². The van der Waals surface area contributed by atoms with Gasteiger partial charge in [0.15, 0.2) is 0 Å². The molecular formula is C22H23NO6. The van der Waals surface area contributed by atoms with E-state index in [9.17, 15) is 9.59 Å². The standard InChI is InChI=1S/C22H23NO6/c1-12-6-18(28-5)21-13(2)17(22(25)29-19(21)7-12)11-20(24)23-14-8-15(26-3)10-16(9-14)27-4/h6-10H,11H2,1-5H3,(H,23,24). The van der Waals surface area contributed by atoms with Crippen molar-refractivity contribution in [3.63, 3.8) is 0 Å². The van der Waals surface area contributed by atoms with Crippen molar-refractivity contribution in [1.82, 2.24) is 0 Å². The fraction of sp³-hybridized carbons (Fsp3) is 0.273. The molecule has 3 rings (SSSR count). The Kier molecular flexibility index (Phi) is 5.77. The highest BCUT2D eigenvalue weighted by molar-refractivity contribution is 5.94.